The third-order valence-corrected chi connectivity index (χ3v) is 2.29. The number of benzene rings is 1. The van der Waals surface area contributed by atoms with E-state index in [2.05, 4.69) is 10.2 Å². The molecule has 0 unspecified atom stereocenters. The summed E-state index contributed by atoms with van der Waals surface area (Å²) in [4.78, 5) is 9.89. The van der Waals surface area contributed by atoms with E-state index in [-0.39, 0.29) is 16.9 Å². The van der Waals surface area contributed by atoms with Crippen LogP contribution in [0, 0.1) is 10.1 Å². The molecule has 2 aromatic rings. The number of aromatic amines is 1. The Bertz CT molecular complexity index is 592. The molecule has 94 valence electrons. The molecule has 0 bridgehead atoms. The van der Waals surface area contributed by atoms with Gasteiger partial charge in [-0.05, 0) is 0 Å². The van der Waals surface area contributed by atoms with Gasteiger partial charge in [0.1, 0.15) is 5.56 Å². The molecule has 0 aliphatic carbocycles. The molecule has 1 N–H and O–H groups in total. The second-order valence-corrected chi connectivity index (χ2v) is 3.46. The number of aromatic nitrogens is 2. The van der Waals surface area contributed by atoms with E-state index in [0.717, 1.165) is 6.07 Å². The van der Waals surface area contributed by atoms with Gasteiger partial charge in [-0.25, -0.2) is 0 Å². The molecule has 0 aliphatic rings. The lowest BCUT2D eigenvalue weighted by Crippen LogP contribution is -2.05. The molecule has 0 fully saturated rings. The summed E-state index contributed by atoms with van der Waals surface area (Å²) in [5.74, 6) is 0. The summed E-state index contributed by atoms with van der Waals surface area (Å²) in [5, 5.41) is 16.1. The molecule has 0 saturated heterocycles. The van der Waals surface area contributed by atoms with Gasteiger partial charge >= 0.3 is 6.18 Å². The number of nitro groups is 1. The van der Waals surface area contributed by atoms with E-state index in [1.54, 1.807) is 0 Å². The fraction of sp³-hybridized carbons (Fsp3) is 0.100. The zero-order valence-corrected chi connectivity index (χ0v) is 8.73. The summed E-state index contributed by atoms with van der Waals surface area (Å²) >= 11 is 0. The van der Waals surface area contributed by atoms with Gasteiger partial charge in [-0.3, -0.25) is 15.2 Å². The third-order valence-electron chi connectivity index (χ3n) is 2.29. The van der Waals surface area contributed by atoms with E-state index in [1.807, 2.05) is 0 Å². The fourth-order valence-electron chi connectivity index (χ4n) is 1.50. The largest absolute Gasteiger partial charge is 0.420 e. The third kappa shape index (κ3) is 2.17. The molecule has 0 atom stereocenters. The van der Waals surface area contributed by atoms with Crippen LogP contribution in [-0.4, -0.2) is 15.1 Å². The molecule has 1 aromatic carbocycles. The molecule has 0 spiro atoms. The van der Waals surface area contributed by atoms with Crippen molar-refractivity contribution in [3.63, 3.8) is 0 Å². The summed E-state index contributed by atoms with van der Waals surface area (Å²) in [6.45, 7) is 0. The number of nitrogens with zero attached hydrogens (tertiary/aromatic N) is 2. The van der Waals surface area contributed by atoms with Crippen molar-refractivity contribution in [1.29, 1.82) is 0 Å². The monoisotopic (exact) mass is 257 g/mol. The van der Waals surface area contributed by atoms with Gasteiger partial charge in [-0.1, -0.05) is 12.1 Å². The number of H-pyrrole nitrogens is 1. The summed E-state index contributed by atoms with van der Waals surface area (Å²) < 4.78 is 37.9. The Morgan fingerprint density at radius 3 is 2.67 bits per heavy atom. The van der Waals surface area contributed by atoms with Gasteiger partial charge in [-0.15, -0.1) is 0 Å². The molecular weight excluding hydrogens is 251 g/mol. The molecule has 0 saturated carbocycles. The van der Waals surface area contributed by atoms with Crippen LogP contribution in [0.2, 0.25) is 0 Å². The van der Waals surface area contributed by atoms with Crippen LogP contribution < -0.4 is 0 Å². The number of non-ortho nitro benzene ring substituents is 1. The second kappa shape index (κ2) is 4.13. The first-order valence-electron chi connectivity index (χ1n) is 4.75. The van der Waals surface area contributed by atoms with Gasteiger partial charge in [0.05, 0.1) is 16.8 Å². The summed E-state index contributed by atoms with van der Waals surface area (Å²) in [6.07, 6.45) is -3.92. The van der Waals surface area contributed by atoms with Crippen molar-refractivity contribution in [2.75, 3.05) is 0 Å². The van der Waals surface area contributed by atoms with Crippen molar-refractivity contribution in [2.45, 2.75) is 6.18 Å². The zero-order valence-electron chi connectivity index (χ0n) is 8.73. The van der Waals surface area contributed by atoms with Crippen molar-refractivity contribution in [2.24, 2.45) is 0 Å². The minimum Gasteiger partial charge on any atom is -0.277 e. The highest BCUT2D eigenvalue weighted by Crippen LogP contribution is 2.36. The van der Waals surface area contributed by atoms with Crippen molar-refractivity contribution < 1.29 is 18.1 Å². The smallest absolute Gasteiger partial charge is 0.277 e. The van der Waals surface area contributed by atoms with E-state index in [0.29, 0.717) is 6.20 Å². The van der Waals surface area contributed by atoms with Gasteiger partial charge in [0, 0.05) is 17.7 Å². The molecule has 18 heavy (non-hydrogen) atoms. The number of hydrogen-bond acceptors (Lipinski definition) is 3. The molecular formula is C10H6F3N3O2. The van der Waals surface area contributed by atoms with Crippen molar-refractivity contribution >= 4 is 5.69 Å². The SMILES string of the molecule is O=[N+]([O-])c1cccc(-c2[nH]ncc2C(F)(F)F)c1. The Balaban J connectivity index is 2.53. The molecule has 0 aliphatic heterocycles. The van der Waals surface area contributed by atoms with E-state index >= 15 is 0 Å². The van der Waals surface area contributed by atoms with E-state index in [4.69, 9.17) is 0 Å². The van der Waals surface area contributed by atoms with Crippen LogP contribution in [0.15, 0.2) is 30.5 Å². The Hall–Kier alpha value is -2.38. The first-order valence-corrected chi connectivity index (χ1v) is 4.75. The summed E-state index contributed by atoms with van der Waals surface area (Å²) in [5.41, 5.74) is -1.46. The summed E-state index contributed by atoms with van der Waals surface area (Å²) in [7, 11) is 0. The quantitative estimate of drug-likeness (QED) is 0.664. The second-order valence-electron chi connectivity index (χ2n) is 3.46. The number of nitrogens with one attached hydrogen (secondary N) is 1. The molecule has 8 heteroatoms. The fourth-order valence-corrected chi connectivity index (χ4v) is 1.50. The molecule has 5 nitrogen and oxygen atoms in total. The van der Waals surface area contributed by atoms with E-state index in [9.17, 15) is 23.3 Å². The number of rotatable bonds is 2. The van der Waals surface area contributed by atoms with Crippen LogP contribution in [0.4, 0.5) is 18.9 Å². The van der Waals surface area contributed by atoms with Gasteiger partial charge in [0.25, 0.3) is 5.69 Å². The van der Waals surface area contributed by atoms with Crippen LogP contribution in [-0.2, 0) is 6.18 Å². The predicted octanol–water partition coefficient (Wildman–Crippen LogP) is 3.00. The first kappa shape index (κ1) is 12.1. The van der Waals surface area contributed by atoms with Crippen LogP contribution >= 0.6 is 0 Å². The Kier molecular flexibility index (Phi) is 2.77. The zero-order chi connectivity index (χ0) is 13.3. The Morgan fingerprint density at radius 1 is 1.33 bits per heavy atom. The summed E-state index contributed by atoms with van der Waals surface area (Å²) in [6, 6.07) is 4.92. The molecule has 0 radical (unpaired) electrons. The maximum Gasteiger partial charge on any atom is 0.420 e. The average molecular weight is 257 g/mol. The molecule has 2 rings (SSSR count). The van der Waals surface area contributed by atoms with Gasteiger partial charge in [-0.2, -0.15) is 18.3 Å². The van der Waals surface area contributed by atoms with Crippen molar-refractivity contribution in [1.82, 2.24) is 10.2 Å². The first-order chi connectivity index (χ1) is 8.39. The molecule has 1 heterocycles. The normalized spacial score (nSPS) is 11.5. The van der Waals surface area contributed by atoms with E-state index < -0.39 is 16.7 Å². The van der Waals surface area contributed by atoms with Gasteiger partial charge < -0.3 is 0 Å². The van der Waals surface area contributed by atoms with Crippen LogP contribution in [0.3, 0.4) is 0 Å². The van der Waals surface area contributed by atoms with Crippen LogP contribution in [0.1, 0.15) is 5.56 Å². The van der Waals surface area contributed by atoms with Gasteiger partial charge in [0.2, 0.25) is 0 Å². The topological polar surface area (TPSA) is 71.8 Å². The highest BCUT2D eigenvalue weighted by Gasteiger charge is 2.35. The lowest BCUT2D eigenvalue weighted by Gasteiger charge is -2.06. The van der Waals surface area contributed by atoms with Crippen LogP contribution in [0.25, 0.3) is 11.3 Å². The van der Waals surface area contributed by atoms with E-state index in [1.165, 1.54) is 18.2 Å². The minimum absolute atomic E-state index is 0.0639. The lowest BCUT2D eigenvalue weighted by molar-refractivity contribution is -0.384. The Labute approximate surface area is 98.4 Å². The average Bonchev–Trinajstić information content (AvgIpc) is 2.77. The Morgan fingerprint density at radius 2 is 2.06 bits per heavy atom. The van der Waals surface area contributed by atoms with Crippen LogP contribution in [0.5, 0.6) is 0 Å². The number of halogens is 3. The minimum atomic E-state index is -4.56. The maximum absolute atomic E-state index is 12.6. The standard InChI is InChI=1S/C10H6F3N3O2/c11-10(12,13)8-5-14-15-9(8)6-2-1-3-7(4-6)16(17)18/h1-5H,(H,14,15). The van der Waals surface area contributed by atoms with Gasteiger partial charge in [0.15, 0.2) is 0 Å². The molecule has 1 aromatic heterocycles. The lowest BCUT2D eigenvalue weighted by atomic mass is 10.1. The number of alkyl halides is 3. The highest BCUT2D eigenvalue weighted by atomic mass is 19.4. The van der Waals surface area contributed by atoms with Crippen molar-refractivity contribution in [3.8, 4) is 11.3 Å². The van der Waals surface area contributed by atoms with Crippen molar-refractivity contribution in [3.05, 3.63) is 46.1 Å². The highest BCUT2D eigenvalue weighted by molar-refractivity contribution is 5.65. The maximum atomic E-state index is 12.6. The number of nitro benzene ring substituents is 1. The predicted molar refractivity (Wildman–Crippen MR) is 55.7 cm³/mol. The molecule has 0 amide bonds. The number of hydrogen-bond donors (Lipinski definition) is 1.